The number of rotatable bonds is 10. The van der Waals surface area contributed by atoms with E-state index in [4.69, 9.17) is 8.92 Å². The zero-order valence-corrected chi connectivity index (χ0v) is 18.2. The number of nitrogens with one attached hydrogen (secondary N) is 1. The lowest BCUT2D eigenvalue weighted by Gasteiger charge is -2.17. The van der Waals surface area contributed by atoms with Crippen molar-refractivity contribution in [3.63, 3.8) is 0 Å². The first-order chi connectivity index (χ1) is 13.8. The maximum absolute atomic E-state index is 12.6. The van der Waals surface area contributed by atoms with E-state index < -0.39 is 27.9 Å². The summed E-state index contributed by atoms with van der Waals surface area (Å²) in [5, 5.41) is 2.48. The zero-order valence-electron chi connectivity index (χ0n) is 15.8. The fourth-order valence-corrected chi connectivity index (χ4v) is 3.70. The third-order valence-corrected chi connectivity index (χ3v) is 5.76. The molecule has 0 saturated carbocycles. The first-order valence-electron chi connectivity index (χ1n) is 8.94. The largest absolute Gasteiger partial charge is 0.465 e. The van der Waals surface area contributed by atoms with Crippen LogP contribution in [-0.2, 0) is 35.0 Å². The Kier molecular flexibility index (Phi) is 8.81. The minimum Gasteiger partial charge on any atom is -0.465 e. The van der Waals surface area contributed by atoms with Gasteiger partial charge in [-0.25, -0.2) is 0 Å². The highest BCUT2D eigenvalue weighted by Crippen LogP contribution is 2.18. The summed E-state index contributed by atoms with van der Waals surface area (Å²) in [6.07, 6.45) is 0.255. The Morgan fingerprint density at radius 2 is 1.72 bits per heavy atom. The van der Waals surface area contributed by atoms with Crippen LogP contribution in [0.4, 0.5) is 0 Å². The lowest BCUT2D eigenvalue weighted by atomic mass is 9.99. The monoisotopic (exact) mass is 483 g/mol. The van der Waals surface area contributed by atoms with Crippen LogP contribution in [-0.4, -0.2) is 40.1 Å². The summed E-state index contributed by atoms with van der Waals surface area (Å²) in [7, 11) is -4.03. The summed E-state index contributed by atoms with van der Waals surface area (Å²) in [6.45, 7) is 1.22. The fourth-order valence-electron chi connectivity index (χ4n) is 2.48. The Labute approximate surface area is 178 Å². The van der Waals surface area contributed by atoms with Gasteiger partial charge < -0.3 is 10.1 Å². The predicted octanol–water partition coefficient (Wildman–Crippen LogP) is 2.69. The molecule has 2 rings (SSSR count). The van der Waals surface area contributed by atoms with Crippen molar-refractivity contribution in [3.05, 3.63) is 64.6 Å². The molecular formula is C20H22BrNO6S. The topological polar surface area (TPSA) is 98.8 Å². The minimum atomic E-state index is -4.03. The molecule has 1 amide bonds. The molecule has 0 aromatic heterocycles. The predicted molar refractivity (Wildman–Crippen MR) is 111 cm³/mol. The normalized spacial score (nSPS) is 12.2. The van der Waals surface area contributed by atoms with Gasteiger partial charge in [-0.05, 0) is 43.2 Å². The number of ether oxygens (including phenoxy) is 1. The Balaban J connectivity index is 2.08. The van der Waals surface area contributed by atoms with E-state index in [0.717, 1.165) is 10.0 Å². The standard InChI is InChI=1S/C20H22BrNO6S/c1-2-27-19(23)13-22-20(24)16(12-15-6-4-3-5-7-15)14-28-29(25,26)18-10-8-17(21)9-11-18/h3-11,16H,2,12-14H2,1H3,(H,22,24)/t16-/m0/s1. The van der Waals surface area contributed by atoms with Gasteiger partial charge in [-0.15, -0.1) is 0 Å². The second-order valence-electron chi connectivity index (χ2n) is 6.10. The fraction of sp³-hybridized carbons (Fsp3) is 0.300. The maximum Gasteiger partial charge on any atom is 0.325 e. The summed E-state index contributed by atoms with van der Waals surface area (Å²) < 4.78 is 35.5. The summed E-state index contributed by atoms with van der Waals surface area (Å²) in [5.74, 6) is -1.87. The van der Waals surface area contributed by atoms with Gasteiger partial charge in [-0.2, -0.15) is 8.42 Å². The molecule has 2 aromatic rings. The third kappa shape index (κ3) is 7.60. The molecule has 1 N–H and O–H groups in total. The van der Waals surface area contributed by atoms with Crippen LogP contribution in [0.5, 0.6) is 0 Å². The van der Waals surface area contributed by atoms with Gasteiger partial charge in [0.2, 0.25) is 5.91 Å². The summed E-state index contributed by atoms with van der Waals surface area (Å²) in [4.78, 5) is 24.0. The lowest BCUT2D eigenvalue weighted by Crippen LogP contribution is -2.38. The van der Waals surface area contributed by atoms with Gasteiger partial charge in [0.1, 0.15) is 6.54 Å². The number of hydrogen-bond acceptors (Lipinski definition) is 6. The molecule has 0 radical (unpaired) electrons. The first kappa shape index (κ1) is 23.1. The van der Waals surface area contributed by atoms with Crippen LogP contribution in [0.25, 0.3) is 0 Å². The van der Waals surface area contributed by atoms with Crippen LogP contribution in [0.3, 0.4) is 0 Å². The molecule has 0 bridgehead atoms. The number of amides is 1. The smallest absolute Gasteiger partial charge is 0.325 e. The van der Waals surface area contributed by atoms with Crippen molar-refractivity contribution in [2.45, 2.75) is 18.2 Å². The van der Waals surface area contributed by atoms with E-state index in [-0.39, 0.29) is 31.1 Å². The maximum atomic E-state index is 12.6. The second kappa shape index (κ2) is 11.1. The second-order valence-corrected chi connectivity index (χ2v) is 8.63. The number of carbonyl (C=O) groups excluding carboxylic acids is 2. The highest BCUT2D eigenvalue weighted by Gasteiger charge is 2.24. The summed E-state index contributed by atoms with van der Waals surface area (Å²) >= 11 is 3.24. The summed E-state index contributed by atoms with van der Waals surface area (Å²) in [5.41, 5.74) is 0.841. The molecule has 29 heavy (non-hydrogen) atoms. The number of esters is 1. The van der Waals surface area contributed by atoms with Crippen LogP contribution in [0.1, 0.15) is 12.5 Å². The summed E-state index contributed by atoms with van der Waals surface area (Å²) in [6, 6.07) is 15.1. The molecule has 0 aliphatic heterocycles. The molecule has 156 valence electrons. The molecule has 0 heterocycles. The average molecular weight is 484 g/mol. The van der Waals surface area contributed by atoms with E-state index in [1.807, 2.05) is 30.3 Å². The molecule has 9 heteroatoms. The Morgan fingerprint density at radius 1 is 1.07 bits per heavy atom. The molecule has 0 saturated heterocycles. The van der Waals surface area contributed by atoms with Crippen molar-refractivity contribution < 1.29 is 26.9 Å². The van der Waals surface area contributed by atoms with E-state index in [2.05, 4.69) is 21.2 Å². The van der Waals surface area contributed by atoms with Crippen molar-refractivity contribution in [2.75, 3.05) is 19.8 Å². The van der Waals surface area contributed by atoms with Crippen LogP contribution >= 0.6 is 15.9 Å². The number of benzene rings is 2. The number of carbonyl (C=O) groups is 2. The van der Waals surface area contributed by atoms with E-state index >= 15 is 0 Å². The van der Waals surface area contributed by atoms with E-state index in [1.54, 1.807) is 19.1 Å². The van der Waals surface area contributed by atoms with Gasteiger partial charge in [0, 0.05) is 4.47 Å². The molecular weight excluding hydrogens is 462 g/mol. The highest BCUT2D eigenvalue weighted by atomic mass is 79.9. The van der Waals surface area contributed by atoms with Crippen LogP contribution < -0.4 is 5.32 Å². The molecule has 0 aliphatic rings. The Bertz CT molecular complexity index is 916. The molecule has 2 aromatic carbocycles. The SMILES string of the molecule is CCOC(=O)CNC(=O)[C@H](COS(=O)(=O)c1ccc(Br)cc1)Cc1ccccc1. The highest BCUT2D eigenvalue weighted by molar-refractivity contribution is 9.10. The molecule has 7 nitrogen and oxygen atoms in total. The van der Waals surface area contributed by atoms with Crippen molar-refractivity contribution in [1.29, 1.82) is 0 Å². The van der Waals surface area contributed by atoms with Gasteiger partial charge >= 0.3 is 5.97 Å². The third-order valence-electron chi connectivity index (χ3n) is 3.93. The van der Waals surface area contributed by atoms with E-state index in [9.17, 15) is 18.0 Å². The Hall–Kier alpha value is -2.23. The minimum absolute atomic E-state index is 0.00825. The Morgan fingerprint density at radius 3 is 2.34 bits per heavy atom. The van der Waals surface area contributed by atoms with E-state index in [0.29, 0.717) is 0 Å². The quantitative estimate of drug-likeness (QED) is 0.412. The first-order valence-corrected chi connectivity index (χ1v) is 11.1. The molecule has 0 fully saturated rings. The zero-order chi connectivity index (χ0) is 21.3. The van der Waals surface area contributed by atoms with E-state index in [1.165, 1.54) is 12.1 Å². The molecule has 0 unspecified atom stereocenters. The lowest BCUT2D eigenvalue weighted by molar-refractivity contribution is -0.144. The molecule has 1 atom stereocenters. The van der Waals surface area contributed by atoms with Crippen LogP contribution in [0.15, 0.2) is 64.0 Å². The van der Waals surface area contributed by atoms with Crippen LogP contribution in [0, 0.1) is 5.92 Å². The van der Waals surface area contributed by atoms with Crippen molar-refractivity contribution in [2.24, 2.45) is 5.92 Å². The van der Waals surface area contributed by atoms with Gasteiger partial charge in [-0.1, -0.05) is 46.3 Å². The van der Waals surface area contributed by atoms with Crippen LogP contribution in [0.2, 0.25) is 0 Å². The van der Waals surface area contributed by atoms with Crippen molar-refractivity contribution >= 4 is 37.9 Å². The van der Waals surface area contributed by atoms with Gasteiger partial charge in [-0.3, -0.25) is 13.8 Å². The number of halogens is 1. The molecule has 0 spiro atoms. The number of hydrogen-bond donors (Lipinski definition) is 1. The molecule has 0 aliphatic carbocycles. The van der Waals surface area contributed by atoms with Gasteiger partial charge in [0.15, 0.2) is 0 Å². The average Bonchev–Trinajstić information content (AvgIpc) is 2.70. The van der Waals surface area contributed by atoms with Crippen molar-refractivity contribution in [3.8, 4) is 0 Å². The van der Waals surface area contributed by atoms with Gasteiger partial charge in [0.05, 0.1) is 24.0 Å². The van der Waals surface area contributed by atoms with Crippen molar-refractivity contribution in [1.82, 2.24) is 5.32 Å². The van der Waals surface area contributed by atoms with Gasteiger partial charge in [0.25, 0.3) is 10.1 Å².